The van der Waals surface area contributed by atoms with Crippen molar-refractivity contribution in [2.45, 2.75) is 31.2 Å². The molecule has 0 spiro atoms. The number of alkyl halides is 3. The molecule has 1 N–H and O–H groups in total. The van der Waals surface area contributed by atoms with Crippen LogP contribution in [0.2, 0.25) is 0 Å². The number of fused-ring (bicyclic) bond motifs is 1. The average Bonchev–Trinajstić information content (AvgIpc) is 3.42. The van der Waals surface area contributed by atoms with Gasteiger partial charge in [-0.25, -0.2) is 0 Å². The van der Waals surface area contributed by atoms with Gasteiger partial charge in [-0.05, 0) is 35.4 Å². The van der Waals surface area contributed by atoms with Crippen molar-refractivity contribution in [1.82, 2.24) is 0 Å². The summed E-state index contributed by atoms with van der Waals surface area (Å²) >= 11 is 0. The molecule has 2 atom stereocenters. The van der Waals surface area contributed by atoms with Crippen molar-refractivity contribution >= 4 is 26.9 Å². The van der Waals surface area contributed by atoms with Gasteiger partial charge in [0.2, 0.25) is 5.60 Å². The number of halogens is 3. The Labute approximate surface area is 170 Å². The first-order valence-corrected chi connectivity index (χ1v) is 10.5. The molecule has 164 valence electrons. The van der Waals surface area contributed by atoms with Crippen molar-refractivity contribution < 1.29 is 45.1 Å². The van der Waals surface area contributed by atoms with Crippen molar-refractivity contribution in [2.75, 3.05) is 19.0 Å². The van der Waals surface area contributed by atoms with E-state index in [0.717, 1.165) is 5.39 Å². The number of hydrogen-bond donors (Lipinski definition) is 1. The van der Waals surface area contributed by atoms with Gasteiger partial charge >= 0.3 is 12.1 Å². The average molecular weight is 448 g/mol. The Kier molecular flexibility index (Phi) is 5.99. The normalized spacial score (nSPS) is 18.6. The molecule has 0 aliphatic carbocycles. The first-order chi connectivity index (χ1) is 13.9. The van der Waals surface area contributed by atoms with E-state index >= 15 is 0 Å². The second kappa shape index (κ2) is 8.05. The molecule has 11 heteroatoms. The smallest absolute Gasteiger partial charge is 0.429 e. The number of esters is 1. The summed E-state index contributed by atoms with van der Waals surface area (Å²) in [6, 6.07) is 10.1. The molecule has 0 aromatic heterocycles. The Bertz CT molecular complexity index is 1050. The van der Waals surface area contributed by atoms with E-state index in [1.54, 1.807) is 36.4 Å². The van der Waals surface area contributed by atoms with Crippen molar-refractivity contribution in [1.29, 1.82) is 0 Å². The number of rotatable bonds is 8. The molecule has 2 aromatic rings. The summed E-state index contributed by atoms with van der Waals surface area (Å²) in [5.74, 6) is -2.58. The fourth-order valence-electron chi connectivity index (χ4n) is 2.87. The summed E-state index contributed by atoms with van der Waals surface area (Å²) in [6.07, 6.45) is -5.71. The van der Waals surface area contributed by atoms with Crippen LogP contribution in [0.15, 0.2) is 36.4 Å². The molecule has 0 amide bonds. The highest BCUT2D eigenvalue weighted by molar-refractivity contribution is 7.85. The zero-order valence-electron chi connectivity index (χ0n) is 15.8. The molecule has 1 heterocycles. The van der Waals surface area contributed by atoms with E-state index in [0.29, 0.717) is 36.8 Å². The topological polar surface area (TPSA) is 102 Å². The van der Waals surface area contributed by atoms with E-state index < -0.39 is 40.0 Å². The summed E-state index contributed by atoms with van der Waals surface area (Å²) < 4.78 is 85.9. The summed E-state index contributed by atoms with van der Waals surface area (Å²) in [4.78, 5) is 12.3. The lowest BCUT2D eigenvalue weighted by Gasteiger charge is -2.30. The van der Waals surface area contributed by atoms with Crippen LogP contribution in [0.4, 0.5) is 13.2 Å². The number of ether oxygens (including phenoxy) is 3. The van der Waals surface area contributed by atoms with Crippen LogP contribution in [0, 0.1) is 0 Å². The Morgan fingerprint density at radius 3 is 2.57 bits per heavy atom. The van der Waals surface area contributed by atoms with Crippen LogP contribution < -0.4 is 4.74 Å². The molecule has 1 saturated heterocycles. The SMILES string of the molecule is CC(CS(=O)(=O)O)(OC(=O)Cc1cccc2ccc(OCC3CO3)cc12)C(F)(F)F. The van der Waals surface area contributed by atoms with Crippen LogP contribution in [0.25, 0.3) is 10.8 Å². The van der Waals surface area contributed by atoms with Crippen LogP contribution in [-0.2, 0) is 30.8 Å². The number of benzene rings is 2. The van der Waals surface area contributed by atoms with E-state index in [9.17, 15) is 26.4 Å². The molecule has 2 aromatic carbocycles. The number of epoxide rings is 1. The number of carbonyl (C=O) groups is 1. The lowest BCUT2D eigenvalue weighted by Crippen LogP contribution is -2.51. The van der Waals surface area contributed by atoms with Gasteiger partial charge in [-0.2, -0.15) is 21.6 Å². The van der Waals surface area contributed by atoms with E-state index in [1.165, 1.54) is 0 Å². The van der Waals surface area contributed by atoms with Crippen molar-refractivity contribution in [2.24, 2.45) is 0 Å². The highest BCUT2D eigenvalue weighted by atomic mass is 32.2. The van der Waals surface area contributed by atoms with Crippen LogP contribution >= 0.6 is 0 Å². The molecule has 3 rings (SSSR count). The number of carbonyl (C=O) groups excluding carboxylic acids is 1. The number of hydrogen-bond acceptors (Lipinski definition) is 6. The molecule has 1 fully saturated rings. The third kappa shape index (κ3) is 5.61. The van der Waals surface area contributed by atoms with Gasteiger partial charge in [0.25, 0.3) is 10.1 Å². The van der Waals surface area contributed by atoms with Gasteiger partial charge in [0.1, 0.15) is 24.2 Å². The van der Waals surface area contributed by atoms with Gasteiger partial charge < -0.3 is 14.2 Å². The first kappa shape index (κ1) is 22.3. The quantitative estimate of drug-likeness (QED) is 0.376. The van der Waals surface area contributed by atoms with Gasteiger partial charge in [-0.1, -0.05) is 24.3 Å². The standard InChI is InChI=1S/C19H19F3O7S/c1-18(19(20,21)22,11-30(24,25)26)29-17(23)7-13-4-2-3-12-5-6-14(8-16(12)13)27-9-15-10-28-15/h2-6,8,15H,7,9-11H2,1H3,(H,24,25,26). The van der Waals surface area contributed by atoms with Gasteiger partial charge in [-0.15, -0.1) is 0 Å². The summed E-state index contributed by atoms with van der Waals surface area (Å²) in [6.45, 7) is 1.37. The molecule has 1 aliphatic rings. The van der Waals surface area contributed by atoms with E-state index in [4.69, 9.17) is 14.0 Å². The molecule has 0 bridgehead atoms. The van der Waals surface area contributed by atoms with E-state index in [2.05, 4.69) is 4.74 Å². The zero-order valence-corrected chi connectivity index (χ0v) is 16.6. The molecule has 2 unspecified atom stereocenters. The van der Waals surface area contributed by atoms with Gasteiger partial charge in [0.15, 0.2) is 0 Å². The maximum absolute atomic E-state index is 13.3. The monoisotopic (exact) mass is 448 g/mol. The predicted octanol–water partition coefficient (Wildman–Crippen LogP) is 2.91. The van der Waals surface area contributed by atoms with E-state index in [-0.39, 0.29) is 6.10 Å². The second-order valence-electron chi connectivity index (χ2n) is 7.17. The maximum Gasteiger partial charge on any atom is 0.429 e. The zero-order chi connectivity index (χ0) is 22.2. The van der Waals surface area contributed by atoms with Crippen LogP contribution in [-0.4, -0.2) is 55.8 Å². The van der Waals surface area contributed by atoms with Gasteiger partial charge in [-0.3, -0.25) is 9.35 Å². The van der Waals surface area contributed by atoms with Crippen molar-refractivity contribution in [3.63, 3.8) is 0 Å². The minimum Gasteiger partial charge on any atom is -0.491 e. The van der Waals surface area contributed by atoms with Gasteiger partial charge in [0, 0.05) is 0 Å². The van der Waals surface area contributed by atoms with Gasteiger partial charge in [0.05, 0.1) is 13.0 Å². The molecule has 7 nitrogen and oxygen atoms in total. The molecular weight excluding hydrogens is 429 g/mol. The molecule has 30 heavy (non-hydrogen) atoms. The Morgan fingerprint density at radius 1 is 1.27 bits per heavy atom. The fraction of sp³-hybridized carbons (Fsp3) is 0.421. The maximum atomic E-state index is 13.3. The summed E-state index contributed by atoms with van der Waals surface area (Å²) in [5.41, 5.74) is -3.01. The first-order valence-electron chi connectivity index (χ1n) is 8.86. The highest BCUT2D eigenvalue weighted by Gasteiger charge is 2.57. The Balaban J connectivity index is 1.81. The summed E-state index contributed by atoms with van der Waals surface area (Å²) in [5, 5.41) is 1.30. The third-order valence-corrected chi connectivity index (χ3v) is 5.43. The Hall–Kier alpha value is -2.37. The minimum absolute atomic E-state index is 0.0359. The molecule has 0 saturated carbocycles. The highest BCUT2D eigenvalue weighted by Crippen LogP contribution is 2.35. The van der Waals surface area contributed by atoms with E-state index in [1.807, 2.05) is 0 Å². The predicted molar refractivity (Wildman–Crippen MR) is 99.9 cm³/mol. The second-order valence-corrected chi connectivity index (χ2v) is 8.62. The van der Waals surface area contributed by atoms with Crippen molar-refractivity contribution in [3.8, 4) is 5.75 Å². The van der Waals surface area contributed by atoms with Crippen molar-refractivity contribution in [3.05, 3.63) is 42.0 Å². The van der Waals surface area contributed by atoms with Crippen LogP contribution in [0.1, 0.15) is 12.5 Å². The molecule has 1 aliphatic heterocycles. The van der Waals surface area contributed by atoms with Crippen LogP contribution in [0.3, 0.4) is 0 Å². The van der Waals surface area contributed by atoms with Crippen LogP contribution in [0.5, 0.6) is 5.75 Å². The lowest BCUT2D eigenvalue weighted by molar-refractivity contribution is -0.255. The lowest BCUT2D eigenvalue weighted by atomic mass is 10.0. The Morgan fingerprint density at radius 2 is 1.97 bits per heavy atom. The molecular formula is C19H19F3O7S. The minimum atomic E-state index is -5.21. The molecule has 0 radical (unpaired) electrons. The third-order valence-electron chi connectivity index (χ3n) is 4.51. The largest absolute Gasteiger partial charge is 0.491 e. The summed E-state index contributed by atoms with van der Waals surface area (Å²) in [7, 11) is -5.06. The fourth-order valence-corrected chi connectivity index (χ4v) is 3.79.